The third-order valence-electron chi connectivity index (χ3n) is 11.3. The van der Waals surface area contributed by atoms with Crippen molar-refractivity contribution < 1.29 is 0 Å². The van der Waals surface area contributed by atoms with Crippen LogP contribution >= 0.6 is 0 Å². The highest BCUT2D eigenvalue weighted by Gasteiger charge is 2.22. The Balaban J connectivity index is 1.15. The summed E-state index contributed by atoms with van der Waals surface area (Å²) in [6.45, 7) is 0. The van der Waals surface area contributed by atoms with Gasteiger partial charge in [-0.3, -0.25) is 0 Å². The molecule has 0 amide bonds. The number of benzene rings is 10. The Morgan fingerprint density at radius 2 is 0.655 bits per heavy atom. The van der Waals surface area contributed by atoms with Crippen LogP contribution in [0.5, 0.6) is 0 Å². The van der Waals surface area contributed by atoms with Gasteiger partial charge < -0.3 is 0 Å². The molecule has 0 spiro atoms. The summed E-state index contributed by atoms with van der Waals surface area (Å²) in [4.78, 5) is 15.4. The van der Waals surface area contributed by atoms with E-state index in [1.807, 2.05) is 18.2 Å². The van der Waals surface area contributed by atoms with Crippen molar-refractivity contribution in [2.45, 2.75) is 0 Å². The molecule has 270 valence electrons. The van der Waals surface area contributed by atoms with E-state index in [9.17, 15) is 0 Å². The Kier molecular flexibility index (Phi) is 8.15. The highest BCUT2D eigenvalue weighted by molar-refractivity contribution is 6.24. The van der Waals surface area contributed by atoms with Crippen LogP contribution in [0, 0.1) is 0 Å². The first-order chi connectivity index (χ1) is 28.8. The molecule has 3 heteroatoms. The van der Waals surface area contributed by atoms with E-state index in [4.69, 9.17) is 15.0 Å². The number of hydrogen-bond donors (Lipinski definition) is 0. The normalized spacial score (nSPS) is 11.4. The van der Waals surface area contributed by atoms with Gasteiger partial charge in [0.1, 0.15) is 0 Å². The molecule has 1 aromatic heterocycles. The Bertz CT molecular complexity index is 3280. The topological polar surface area (TPSA) is 38.7 Å². The van der Waals surface area contributed by atoms with Gasteiger partial charge in [0.25, 0.3) is 0 Å². The SMILES string of the molecule is c1ccc(-c2nc(-c3ccc4ccccc4c3)nc(-c3ccc(-c4c5ccccc5c(-c5ccccc5-c5ccccc5)c5ccccc45)c4ccccc34)n2)cc1. The summed E-state index contributed by atoms with van der Waals surface area (Å²) in [7, 11) is 0. The Morgan fingerprint density at radius 1 is 0.224 bits per heavy atom. The van der Waals surface area contributed by atoms with Gasteiger partial charge in [0.15, 0.2) is 17.5 Å². The lowest BCUT2D eigenvalue weighted by molar-refractivity contribution is 1.08. The summed E-state index contributed by atoms with van der Waals surface area (Å²) in [5.74, 6) is 1.93. The predicted molar refractivity (Wildman–Crippen MR) is 242 cm³/mol. The summed E-state index contributed by atoms with van der Waals surface area (Å²) in [5.41, 5.74) is 10.1. The maximum Gasteiger partial charge on any atom is 0.164 e. The summed E-state index contributed by atoms with van der Waals surface area (Å²) in [5, 5.41) is 9.41. The van der Waals surface area contributed by atoms with Crippen molar-refractivity contribution in [1.29, 1.82) is 0 Å². The second-order valence-corrected chi connectivity index (χ2v) is 14.7. The van der Waals surface area contributed by atoms with E-state index in [0.717, 1.165) is 32.8 Å². The number of rotatable bonds is 6. The maximum atomic E-state index is 5.21. The molecule has 0 saturated heterocycles. The van der Waals surface area contributed by atoms with Crippen molar-refractivity contribution in [3.05, 3.63) is 212 Å². The highest BCUT2D eigenvalue weighted by Crippen LogP contribution is 2.48. The van der Waals surface area contributed by atoms with Gasteiger partial charge >= 0.3 is 0 Å². The van der Waals surface area contributed by atoms with Crippen molar-refractivity contribution in [1.82, 2.24) is 15.0 Å². The molecule has 11 aromatic rings. The summed E-state index contributed by atoms with van der Waals surface area (Å²) in [6, 6.07) is 75.4. The average Bonchev–Trinajstić information content (AvgIpc) is 3.31. The fourth-order valence-electron chi connectivity index (χ4n) is 8.66. The molecule has 0 aliphatic heterocycles. The van der Waals surface area contributed by atoms with E-state index in [1.165, 1.54) is 60.3 Å². The van der Waals surface area contributed by atoms with Crippen LogP contribution in [0.2, 0.25) is 0 Å². The third-order valence-corrected chi connectivity index (χ3v) is 11.3. The highest BCUT2D eigenvalue weighted by atomic mass is 15.0. The van der Waals surface area contributed by atoms with Gasteiger partial charge in [-0.1, -0.05) is 200 Å². The van der Waals surface area contributed by atoms with E-state index in [0.29, 0.717) is 17.5 Å². The molecule has 11 rings (SSSR count). The molecule has 0 fully saturated rings. The van der Waals surface area contributed by atoms with Crippen LogP contribution in [-0.4, -0.2) is 15.0 Å². The second kappa shape index (κ2) is 14.1. The Morgan fingerprint density at radius 3 is 1.29 bits per heavy atom. The monoisotopic (exact) mass is 737 g/mol. The summed E-state index contributed by atoms with van der Waals surface area (Å²) >= 11 is 0. The number of hydrogen-bond acceptors (Lipinski definition) is 3. The molecular weight excluding hydrogens is 703 g/mol. The summed E-state index contributed by atoms with van der Waals surface area (Å²) in [6.07, 6.45) is 0. The number of fused-ring (bicyclic) bond motifs is 4. The molecule has 0 radical (unpaired) electrons. The molecule has 0 aliphatic rings. The van der Waals surface area contributed by atoms with E-state index >= 15 is 0 Å². The third kappa shape index (κ3) is 5.72. The first-order valence-corrected chi connectivity index (χ1v) is 19.7. The van der Waals surface area contributed by atoms with Crippen LogP contribution in [0.1, 0.15) is 0 Å². The molecule has 0 saturated carbocycles. The van der Waals surface area contributed by atoms with Gasteiger partial charge in [0.05, 0.1) is 0 Å². The minimum atomic E-state index is 0.641. The van der Waals surface area contributed by atoms with Crippen molar-refractivity contribution in [3.8, 4) is 67.5 Å². The largest absolute Gasteiger partial charge is 0.208 e. The molecule has 0 atom stereocenters. The standard InChI is InChI=1S/C55H35N3/c1-3-18-37(19-4-1)41-23-9-12-26-44(41)51-45-27-13-15-29-47(45)52(48-30-16-14-28-46(48)51)49-33-34-50(43-25-11-10-24-42(43)49)55-57-53(38-20-5-2-6-21-38)56-54(58-55)40-32-31-36-17-7-8-22-39(36)35-40/h1-35H. The van der Waals surface area contributed by atoms with E-state index in [1.54, 1.807) is 0 Å². The van der Waals surface area contributed by atoms with Gasteiger partial charge in [-0.15, -0.1) is 0 Å². The first kappa shape index (κ1) is 33.6. The summed E-state index contributed by atoms with van der Waals surface area (Å²) < 4.78 is 0. The van der Waals surface area contributed by atoms with Gasteiger partial charge in [-0.25, -0.2) is 15.0 Å². The molecular formula is C55H35N3. The zero-order chi connectivity index (χ0) is 38.4. The molecule has 3 nitrogen and oxygen atoms in total. The maximum absolute atomic E-state index is 5.21. The molecule has 0 N–H and O–H groups in total. The first-order valence-electron chi connectivity index (χ1n) is 19.7. The number of nitrogens with zero attached hydrogens (tertiary/aromatic N) is 3. The zero-order valence-electron chi connectivity index (χ0n) is 31.5. The van der Waals surface area contributed by atoms with Gasteiger partial charge in [0.2, 0.25) is 0 Å². The molecule has 10 aromatic carbocycles. The second-order valence-electron chi connectivity index (χ2n) is 14.7. The number of aromatic nitrogens is 3. The van der Waals surface area contributed by atoms with Crippen LogP contribution in [-0.2, 0) is 0 Å². The van der Waals surface area contributed by atoms with Crippen molar-refractivity contribution >= 4 is 43.1 Å². The van der Waals surface area contributed by atoms with E-state index in [-0.39, 0.29) is 0 Å². The Hall–Kier alpha value is -7.75. The minimum Gasteiger partial charge on any atom is -0.208 e. The van der Waals surface area contributed by atoms with Crippen LogP contribution in [0.25, 0.3) is 111 Å². The lowest BCUT2D eigenvalue weighted by Crippen LogP contribution is -2.01. The zero-order valence-corrected chi connectivity index (χ0v) is 31.5. The fraction of sp³-hybridized carbons (Fsp3) is 0. The molecule has 0 unspecified atom stereocenters. The van der Waals surface area contributed by atoms with E-state index in [2.05, 4.69) is 194 Å². The Labute approximate surface area is 336 Å². The van der Waals surface area contributed by atoms with Crippen molar-refractivity contribution in [2.75, 3.05) is 0 Å². The fourth-order valence-corrected chi connectivity index (χ4v) is 8.66. The van der Waals surface area contributed by atoms with Crippen molar-refractivity contribution in [3.63, 3.8) is 0 Å². The van der Waals surface area contributed by atoms with Crippen molar-refractivity contribution in [2.24, 2.45) is 0 Å². The van der Waals surface area contributed by atoms with Gasteiger partial charge in [0, 0.05) is 16.7 Å². The lowest BCUT2D eigenvalue weighted by Gasteiger charge is -2.21. The molecule has 1 heterocycles. The smallest absolute Gasteiger partial charge is 0.164 e. The molecule has 0 aliphatic carbocycles. The molecule has 58 heavy (non-hydrogen) atoms. The van der Waals surface area contributed by atoms with Crippen LogP contribution in [0.4, 0.5) is 0 Å². The van der Waals surface area contributed by atoms with Gasteiger partial charge in [-0.05, 0) is 88.6 Å². The van der Waals surface area contributed by atoms with Gasteiger partial charge in [-0.2, -0.15) is 0 Å². The minimum absolute atomic E-state index is 0.641. The van der Waals surface area contributed by atoms with Crippen LogP contribution < -0.4 is 0 Å². The average molecular weight is 738 g/mol. The van der Waals surface area contributed by atoms with Crippen LogP contribution in [0.3, 0.4) is 0 Å². The van der Waals surface area contributed by atoms with E-state index < -0.39 is 0 Å². The lowest BCUT2D eigenvalue weighted by atomic mass is 9.82. The quantitative estimate of drug-likeness (QED) is 0.160. The van der Waals surface area contributed by atoms with Crippen LogP contribution in [0.15, 0.2) is 212 Å². The molecule has 0 bridgehead atoms. The predicted octanol–water partition coefficient (Wildman–Crippen LogP) is 14.5.